The third kappa shape index (κ3) is 4.15. The smallest absolute Gasteiger partial charge is 0.266 e. The van der Waals surface area contributed by atoms with E-state index in [0.717, 1.165) is 22.5 Å². The highest BCUT2D eigenvalue weighted by atomic mass is 32.2. The zero-order valence-electron chi connectivity index (χ0n) is 16.8. The van der Waals surface area contributed by atoms with Crippen molar-refractivity contribution in [1.82, 2.24) is 14.5 Å². The zero-order valence-corrected chi connectivity index (χ0v) is 18.4. The zero-order chi connectivity index (χ0) is 21.3. The first-order chi connectivity index (χ1) is 14.4. The molecule has 0 spiro atoms. The second-order valence-corrected chi connectivity index (χ2v) is 8.76. The molecule has 0 aliphatic carbocycles. The molecule has 0 aliphatic heterocycles. The van der Waals surface area contributed by atoms with Crippen LogP contribution in [-0.4, -0.2) is 20.4 Å². The van der Waals surface area contributed by atoms with Crippen molar-refractivity contribution in [2.24, 2.45) is 0 Å². The quantitative estimate of drug-likeness (QED) is 0.362. The van der Waals surface area contributed by atoms with Gasteiger partial charge in [-0.1, -0.05) is 41.6 Å². The number of benzene rings is 2. The van der Waals surface area contributed by atoms with Gasteiger partial charge in [-0.3, -0.25) is 14.2 Å². The van der Waals surface area contributed by atoms with Crippen LogP contribution in [0.3, 0.4) is 0 Å². The molecule has 0 saturated carbocycles. The number of aryl methyl sites for hydroxylation is 2. The SMILES string of the molecule is CC(=O)Nc1nc(CSc2nc3ccccc3c(=O)n2-c2ccc(C)cc2C)cs1. The van der Waals surface area contributed by atoms with E-state index in [1.54, 1.807) is 10.6 Å². The maximum atomic E-state index is 13.4. The molecule has 2 heterocycles. The van der Waals surface area contributed by atoms with Crippen LogP contribution in [0.5, 0.6) is 0 Å². The Hall–Kier alpha value is -2.97. The fraction of sp³-hybridized carbons (Fsp3) is 0.182. The van der Waals surface area contributed by atoms with E-state index >= 15 is 0 Å². The largest absolute Gasteiger partial charge is 0.302 e. The Bertz CT molecular complexity index is 1310. The molecular formula is C22H20N4O2S2. The Morgan fingerprint density at radius 2 is 1.97 bits per heavy atom. The molecule has 0 radical (unpaired) electrons. The molecule has 0 fully saturated rings. The van der Waals surface area contributed by atoms with E-state index < -0.39 is 0 Å². The molecule has 0 atom stereocenters. The summed E-state index contributed by atoms with van der Waals surface area (Å²) in [6, 6.07) is 13.4. The predicted octanol–water partition coefficient (Wildman–Crippen LogP) is 4.71. The van der Waals surface area contributed by atoms with Crippen molar-refractivity contribution in [2.75, 3.05) is 5.32 Å². The molecular weight excluding hydrogens is 416 g/mol. The molecule has 2 aromatic heterocycles. The normalized spacial score (nSPS) is 11.0. The van der Waals surface area contributed by atoms with E-state index in [1.807, 2.05) is 49.6 Å². The van der Waals surface area contributed by atoms with Crippen LogP contribution in [0.2, 0.25) is 0 Å². The Balaban J connectivity index is 1.77. The van der Waals surface area contributed by atoms with Gasteiger partial charge in [-0.05, 0) is 37.6 Å². The minimum absolute atomic E-state index is 0.0905. The first kappa shape index (κ1) is 20.3. The van der Waals surface area contributed by atoms with Crippen LogP contribution in [0, 0.1) is 13.8 Å². The topological polar surface area (TPSA) is 76.9 Å². The van der Waals surface area contributed by atoms with E-state index in [0.29, 0.717) is 26.9 Å². The molecule has 0 bridgehead atoms. The number of aromatic nitrogens is 3. The molecule has 152 valence electrons. The van der Waals surface area contributed by atoms with E-state index in [1.165, 1.54) is 30.0 Å². The standard InChI is InChI=1S/C22H20N4O2S2/c1-13-8-9-19(14(2)10-13)26-20(28)17-6-4-5-7-18(17)25-22(26)30-12-16-11-29-21(24-16)23-15(3)27/h4-11H,12H2,1-3H3,(H,23,24,27). The summed E-state index contributed by atoms with van der Waals surface area (Å²) in [4.78, 5) is 33.8. The second kappa shape index (κ2) is 8.41. The Labute approximate surface area is 182 Å². The van der Waals surface area contributed by atoms with Gasteiger partial charge in [0, 0.05) is 18.1 Å². The van der Waals surface area contributed by atoms with Crippen molar-refractivity contribution < 1.29 is 4.79 Å². The lowest BCUT2D eigenvalue weighted by atomic mass is 10.1. The van der Waals surface area contributed by atoms with Gasteiger partial charge in [0.2, 0.25) is 5.91 Å². The van der Waals surface area contributed by atoms with Gasteiger partial charge in [0.1, 0.15) is 0 Å². The highest BCUT2D eigenvalue weighted by molar-refractivity contribution is 7.98. The van der Waals surface area contributed by atoms with Crippen molar-refractivity contribution in [3.8, 4) is 5.69 Å². The van der Waals surface area contributed by atoms with Gasteiger partial charge in [0.25, 0.3) is 5.56 Å². The van der Waals surface area contributed by atoms with Crippen LogP contribution >= 0.6 is 23.1 Å². The van der Waals surface area contributed by atoms with Crippen LogP contribution in [0.15, 0.2) is 57.8 Å². The number of thiazole rings is 1. The number of anilines is 1. The van der Waals surface area contributed by atoms with Crippen LogP contribution in [0.4, 0.5) is 5.13 Å². The van der Waals surface area contributed by atoms with Gasteiger partial charge in [-0.2, -0.15) is 0 Å². The number of thioether (sulfide) groups is 1. The van der Waals surface area contributed by atoms with Gasteiger partial charge in [-0.25, -0.2) is 9.97 Å². The summed E-state index contributed by atoms with van der Waals surface area (Å²) in [5.41, 5.74) is 4.38. The number of fused-ring (bicyclic) bond motifs is 1. The van der Waals surface area contributed by atoms with Crippen LogP contribution in [-0.2, 0) is 10.5 Å². The average Bonchev–Trinajstić information content (AvgIpc) is 3.14. The van der Waals surface area contributed by atoms with Crippen molar-refractivity contribution >= 4 is 45.0 Å². The van der Waals surface area contributed by atoms with E-state index in [2.05, 4.69) is 16.4 Å². The number of rotatable bonds is 5. The number of nitrogens with one attached hydrogen (secondary N) is 1. The maximum Gasteiger partial charge on any atom is 0.266 e. The number of para-hydroxylation sites is 1. The number of carbonyl (C=O) groups is 1. The van der Waals surface area contributed by atoms with Crippen molar-refractivity contribution in [3.05, 3.63) is 75.0 Å². The molecule has 6 nitrogen and oxygen atoms in total. The lowest BCUT2D eigenvalue weighted by Crippen LogP contribution is -2.22. The molecule has 0 aliphatic rings. The third-order valence-corrected chi connectivity index (χ3v) is 6.30. The van der Waals surface area contributed by atoms with Gasteiger partial charge >= 0.3 is 0 Å². The van der Waals surface area contributed by atoms with Crippen LogP contribution < -0.4 is 10.9 Å². The molecule has 0 saturated heterocycles. The first-order valence-electron chi connectivity index (χ1n) is 9.36. The van der Waals surface area contributed by atoms with Crippen LogP contribution in [0.1, 0.15) is 23.7 Å². The van der Waals surface area contributed by atoms with Gasteiger partial charge in [0.05, 0.1) is 22.3 Å². The molecule has 2 aromatic carbocycles. The predicted molar refractivity (Wildman–Crippen MR) is 123 cm³/mol. The molecule has 4 aromatic rings. The fourth-order valence-electron chi connectivity index (χ4n) is 3.20. The van der Waals surface area contributed by atoms with Gasteiger partial charge < -0.3 is 5.32 Å². The minimum atomic E-state index is -0.150. The van der Waals surface area contributed by atoms with E-state index in [4.69, 9.17) is 4.98 Å². The number of amides is 1. The Morgan fingerprint density at radius 3 is 2.73 bits per heavy atom. The Kier molecular flexibility index (Phi) is 5.69. The van der Waals surface area contributed by atoms with Crippen molar-refractivity contribution in [2.45, 2.75) is 31.7 Å². The minimum Gasteiger partial charge on any atom is -0.302 e. The summed E-state index contributed by atoms with van der Waals surface area (Å²) in [5, 5.41) is 6.36. The molecule has 0 unspecified atom stereocenters. The highest BCUT2D eigenvalue weighted by Gasteiger charge is 2.15. The summed E-state index contributed by atoms with van der Waals surface area (Å²) in [5.74, 6) is 0.384. The maximum absolute atomic E-state index is 13.4. The van der Waals surface area contributed by atoms with Crippen molar-refractivity contribution in [3.63, 3.8) is 0 Å². The lowest BCUT2D eigenvalue weighted by Gasteiger charge is -2.15. The number of hydrogen-bond acceptors (Lipinski definition) is 6. The molecule has 1 N–H and O–H groups in total. The van der Waals surface area contributed by atoms with Gasteiger partial charge in [0.15, 0.2) is 10.3 Å². The number of hydrogen-bond donors (Lipinski definition) is 1. The van der Waals surface area contributed by atoms with E-state index in [9.17, 15) is 9.59 Å². The Morgan fingerprint density at radius 1 is 1.17 bits per heavy atom. The van der Waals surface area contributed by atoms with Crippen LogP contribution in [0.25, 0.3) is 16.6 Å². The first-order valence-corrected chi connectivity index (χ1v) is 11.2. The highest BCUT2D eigenvalue weighted by Crippen LogP contribution is 2.27. The van der Waals surface area contributed by atoms with Gasteiger partial charge in [-0.15, -0.1) is 11.3 Å². The summed E-state index contributed by atoms with van der Waals surface area (Å²) in [7, 11) is 0. The summed E-state index contributed by atoms with van der Waals surface area (Å²) < 4.78 is 1.68. The average molecular weight is 437 g/mol. The number of nitrogens with zero attached hydrogens (tertiary/aromatic N) is 3. The molecule has 8 heteroatoms. The van der Waals surface area contributed by atoms with E-state index in [-0.39, 0.29) is 11.5 Å². The third-order valence-electron chi connectivity index (χ3n) is 4.52. The monoisotopic (exact) mass is 436 g/mol. The lowest BCUT2D eigenvalue weighted by molar-refractivity contribution is -0.114. The summed E-state index contributed by atoms with van der Waals surface area (Å²) in [6.07, 6.45) is 0. The number of carbonyl (C=O) groups excluding carboxylic acids is 1. The summed E-state index contributed by atoms with van der Waals surface area (Å²) >= 11 is 2.83. The molecule has 4 rings (SSSR count). The van der Waals surface area contributed by atoms with Crippen molar-refractivity contribution in [1.29, 1.82) is 0 Å². The second-order valence-electron chi connectivity index (χ2n) is 6.96. The summed E-state index contributed by atoms with van der Waals surface area (Å²) in [6.45, 7) is 5.48. The molecule has 1 amide bonds. The fourth-order valence-corrected chi connectivity index (χ4v) is 4.96. The molecule has 30 heavy (non-hydrogen) atoms.